The highest BCUT2D eigenvalue weighted by molar-refractivity contribution is 9.13. The summed E-state index contributed by atoms with van der Waals surface area (Å²) in [4.78, 5) is 13.0. The highest BCUT2D eigenvalue weighted by Crippen LogP contribution is 2.34. The quantitative estimate of drug-likeness (QED) is 0.667. The highest BCUT2D eigenvalue weighted by atomic mass is 79.9. The molecule has 0 radical (unpaired) electrons. The zero-order chi connectivity index (χ0) is 12.6. The largest absolute Gasteiger partial charge is 0.288 e. The summed E-state index contributed by atoms with van der Waals surface area (Å²) in [6.07, 6.45) is 0. The molecule has 88 valence electrons. The number of thiophene rings is 1. The molecule has 0 amide bonds. The summed E-state index contributed by atoms with van der Waals surface area (Å²) < 4.78 is 1.76. The second-order valence-corrected chi connectivity index (χ2v) is 6.38. The molecule has 0 N–H and O–H groups in total. The first-order chi connectivity index (χ1) is 8.00. The first kappa shape index (κ1) is 13.0. The smallest absolute Gasteiger partial charge is 0.204 e. The van der Waals surface area contributed by atoms with Gasteiger partial charge < -0.3 is 0 Å². The van der Waals surface area contributed by atoms with Crippen LogP contribution >= 0.6 is 43.2 Å². The molecule has 2 aromatic rings. The van der Waals surface area contributed by atoms with Crippen LogP contribution < -0.4 is 0 Å². The van der Waals surface area contributed by atoms with Gasteiger partial charge in [-0.1, -0.05) is 12.1 Å². The summed E-state index contributed by atoms with van der Waals surface area (Å²) in [7, 11) is 0. The molecule has 0 aliphatic carbocycles. The molecule has 0 saturated heterocycles. The van der Waals surface area contributed by atoms with Gasteiger partial charge in [-0.15, -0.1) is 11.3 Å². The molecule has 0 saturated carbocycles. The Morgan fingerprint density at radius 3 is 2.41 bits per heavy atom. The van der Waals surface area contributed by atoms with Gasteiger partial charge in [-0.05, 0) is 62.9 Å². The average molecular weight is 374 g/mol. The molecule has 0 aliphatic heterocycles. The molecule has 1 aromatic carbocycles. The van der Waals surface area contributed by atoms with Crippen molar-refractivity contribution in [1.29, 1.82) is 0 Å². The van der Waals surface area contributed by atoms with Gasteiger partial charge in [0, 0.05) is 15.4 Å². The Labute approximate surface area is 121 Å². The van der Waals surface area contributed by atoms with Gasteiger partial charge >= 0.3 is 0 Å². The lowest BCUT2D eigenvalue weighted by Crippen LogP contribution is -2.00. The number of halogens is 2. The molecule has 1 aromatic heterocycles. The van der Waals surface area contributed by atoms with E-state index < -0.39 is 0 Å². The SMILES string of the molecule is Cc1ccc(C(=O)c2scc(Br)c2Br)cc1C. The van der Waals surface area contributed by atoms with Gasteiger partial charge in [0.05, 0.1) is 9.35 Å². The molecule has 1 heterocycles. The van der Waals surface area contributed by atoms with Crippen LogP contribution in [0.2, 0.25) is 0 Å². The normalized spacial score (nSPS) is 10.6. The molecule has 0 atom stereocenters. The molecule has 0 spiro atoms. The zero-order valence-electron chi connectivity index (χ0n) is 9.38. The van der Waals surface area contributed by atoms with Gasteiger partial charge in [0.1, 0.15) is 0 Å². The standard InChI is InChI=1S/C13H10Br2OS/c1-7-3-4-9(5-8(7)2)12(16)13-11(15)10(14)6-17-13/h3-6H,1-2H3. The fourth-order valence-corrected chi connectivity index (χ4v) is 3.60. The zero-order valence-corrected chi connectivity index (χ0v) is 13.4. The van der Waals surface area contributed by atoms with Crippen LogP contribution in [0.1, 0.15) is 26.4 Å². The topological polar surface area (TPSA) is 17.1 Å². The lowest BCUT2D eigenvalue weighted by atomic mass is 10.0. The Hall–Kier alpha value is -0.450. The summed E-state index contributed by atoms with van der Waals surface area (Å²) in [5, 5.41) is 1.92. The number of carbonyl (C=O) groups excluding carboxylic acids is 1. The Morgan fingerprint density at radius 1 is 1.18 bits per heavy atom. The average Bonchev–Trinajstić information content (AvgIpc) is 2.63. The minimum Gasteiger partial charge on any atom is -0.288 e. The number of hydrogen-bond donors (Lipinski definition) is 0. The number of ketones is 1. The van der Waals surface area contributed by atoms with Crippen molar-refractivity contribution in [3.63, 3.8) is 0 Å². The van der Waals surface area contributed by atoms with Crippen molar-refractivity contribution in [3.8, 4) is 0 Å². The van der Waals surface area contributed by atoms with E-state index in [4.69, 9.17) is 0 Å². The van der Waals surface area contributed by atoms with Crippen molar-refractivity contribution in [2.75, 3.05) is 0 Å². The van der Waals surface area contributed by atoms with Crippen LogP contribution in [0.4, 0.5) is 0 Å². The van der Waals surface area contributed by atoms with E-state index in [1.165, 1.54) is 16.9 Å². The number of benzene rings is 1. The van der Waals surface area contributed by atoms with Crippen LogP contribution in [-0.4, -0.2) is 5.78 Å². The van der Waals surface area contributed by atoms with E-state index in [9.17, 15) is 4.79 Å². The van der Waals surface area contributed by atoms with Crippen molar-refractivity contribution in [3.05, 3.63) is 54.1 Å². The summed E-state index contributed by atoms with van der Waals surface area (Å²) in [5.74, 6) is 0.0654. The minimum atomic E-state index is 0.0654. The second-order valence-electron chi connectivity index (χ2n) is 3.85. The Balaban J connectivity index is 2.44. The van der Waals surface area contributed by atoms with Crippen LogP contribution in [0.25, 0.3) is 0 Å². The maximum absolute atomic E-state index is 12.3. The fourth-order valence-electron chi connectivity index (χ4n) is 1.49. The third kappa shape index (κ3) is 2.54. The molecule has 2 rings (SSSR count). The molecular formula is C13H10Br2OS. The predicted octanol–water partition coefficient (Wildman–Crippen LogP) is 5.12. The Bertz CT molecular complexity index is 587. The van der Waals surface area contributed by atoms with Crippen molar-refractivity contribution in [1.82, 2.24) is 0 Å². The molecular weight excluding hydrogens is 364 g/mol. The van der Waals surface area contributed by atoms with E-state index in [2.05, 4.69) is 31.9 Å². The first-order valence-corrected chi connectivity index (χ1v) is 7.51. The van der Waals surface area contributed by atoms with Crippen molar-refractivity contribution < 1.29 is 4.79 Å². The van der Waals surface area contributed by atoms with Gasteiger partial charge in [-0.2, -0.15) is 0 Å². The molecule has 17 heavy (non-hydrogen) atoms. The fraction of sp³-hybridized carbons (Fsp3) is 0.154. The van der Waals surface area contributed by atoms with Crippen LogP contribution in [-0.2, 0) is 0 Å². The molecule has 0 bridgehead atoms. The highest BCUT2D eigenvalue weighted by Gasteiger charge is 2.17. The van der Waals surface area contributed by atoms with Crippen LogP contribution in [0.3, 0.4) is 0 Å². The lowest BCUT2D eigenvalue weighted by molar-refractivity contribution is 0.104. The van der Waals surface area contributed by atoms with E-state index in [0.29, 0.717) is 0 Å². The third-order valence-electron chi connectivity index (χ3n) is 2.66. The number of carbonyl (C=O) groups is 1. The molecule has 0 fully saturated rings. The van der Waals surface area contributed by atoms with Crippen molar-refractivity contribution >= 4 is 49.0 Å². The monoisotopic (exact) mass is 372 g/mol. The Kier molecular flexibility index (Phi) is 3.85. The maximum atomic E-state index is 12.3. The minimum absolute atomic E-state index is 0.0654. The van der Waals surface area contributed by atoms with Gasteiger partial charge in [-0.3, -0.25) is 4.79 Å². The van der Waals surface area contributed by atoms with E-state index in [-0.39, 0.29) is 5.78 Å². The van der Waals surface area contributed by atoms with Gasteiger partial charge in [0.25, 0.3) is 0 Å². The number of hydrogen-bond acceptors (Lipinski definition) is 2. The molecule has 0 unspecified atom stereocenters. The predicted molar refractivity (Wildman–Crippen MR) is 79.1 cm³/mol. The summed E-state index contributed by atoms with van der Waals surface area (Å²) in [6.45, 7) is 4.06. The van der Waals surface area contributed by atoms with E-state index in [1.54, 1.807) is 0 Å². The first-order valence-electron chi connectivity index (χ1n) is 5.05. The van der Waals surface area contributed by atoms with Crippen LogP contribution in [0.15, 0.2) is 32.5 Å². The summed E-state index contributed by atoms with van der Waals surface area (Å²) >= 11 is 8.26. The van der Waals surface area contributed by atoms with Gasteiger partial charge in [0.15, 0.2) is 0 Å². The van der Waals surface area contributed by atoms with E-state index in [0.717, 1.165) is 24.9 Å². The lowest BCUT2D eigenvalue weighted by Gasteiger charge is -2.03. The van der Waals surface area contributed by atoms with E-state index >= 15 is 0 Å². The van der Waals surface area contributed by atoms with Gasteiger partial charge in [-0.25, -0.2) is 0 Å². The van der Waals surface area contributed by atoms with Crippen molar-refractivity contribution in [2.45, 2.75) is 13.8 Å². The number of aryl methyl sites for hydroxylation is 2. The summed E-state index contributed by atoms with van der Waals surface area (Å²) in [5.41, 5.74) is 3.08. The van der Waals surface area contributed by atoms with Crippen LogP contribution in [0.5, 0.6) is 0 Å². The third-order valence-corrected chi connectivity index (χ3v) is 6.19. The summed E-state index contributed by atoms with van der Waals surface area (Å²) in [6, 6.07) is 5.81. The second kappa shape index (κ2) is 5.04. The Morgan fingerprint density at radius 2 is 1.88 bits per heavy atom. The molecule has 0 aliphatic rings. The molecule has 1 nitrogen and oxygen atoms in total. The van der Waals surface area contributed by atoms with Crippen molar-refractivity contribution in [2.24, 2.45) is 0 Å². The van der Waals surface area contributed by atoms with E-state index in [1.807, 2.05) is 37.4 Å². The maximum Gasteiger partial charge on any atom is 0.204 e. The van der Waals surface area contributed by atoms with Crippen LogP contribution in [0, 0.1) is 13.8 Å². The van der Waals surface area contributed by atoms with Gasteiger partial charge in [0.2, 0.25) is 5.78 Å². The molecule has 4 heteroatoms. The number of rotatable bonds is 2.